The van der Waals surface area contributed by atoms with Crippen LogP contribution in [0, 0.1) is 19.8 Å². The Kier molecular flexibility index (Phi) is 3.75. The molecule has 0 spiro atoms. The van der Waals surface area contributed by atoms with Crippen LogP contribution in [0.5, 0.6) is 0 Å². The van der Waals surface area contributed by atoms with Gasteiger partial charge in [0.2, 0.25) is 0 Å². The predicted octanol–water partition coefficient (Wildman–Crippen LogP) is 0.971. The molecule has 1 aliphatic rings. The highest BCUT2D eigenvalue weighted by molar-refractivity contribution is 5.99. The molecule has 0 saturated carbocycles. The van der Waals surface area contributed by atoms with Crippen LogP contribution in [0.3, 0.4) is 0 Å². The molecule has 5 heteroatoms. The fourth-order valence-electron chi connectivity index (χ4n) is 2.94. The Balaban J connectivity index is 2.47. The number of pyridine rings is 1. The van der Waals surface area contributed by atoms with Crippen LogP contribution < -0.4 is 16.4 Å². The van der Waals surface area contributed by atoms with Crippen molar-refractivity contribution in [2.75, 3.05) is 18.0 Å². The van der Waals surface area contributed by atoms with Crippen molar-refractivity contribution in [3.05, 3.63) is 22.9 Å². The normalized spacial score (nSPS) is 22.8. The summed E-state index contributed by atoms with van der Waals surface area (Å²) in [6.45, 7) is 7.48. The zero-order valence-corrected chi connectivity index (χ0v) is 11.8. The maximum atomic E-state index is 11.7. The molecule has 1 aliphatic heterocycles. The first-order valence-corrected chi connectivity index (χ1v) is 6.68. The number of carbonyl (C=O) groups is 1. The number of amides is 1. The number of carbonyl (C=O) groups excluding carboxylic acids is 1. The van der Waals surface area contributed by atoms with E-state index >= 15 is 0 Å². The van der Waals surface area contributed by atoms with E-state index in [1.165, 1.54) is 0 Å². The monoisotopic (exact) mass is 262 g/mol. The number of nitrogens with two attached hydrogens (primary N) is 2. The van der Waals surface area contributed by atoms with Gasteiger partial charge in [-0.25, -0.2) is 4.98 Å². The van der Waals surface area contributed by atoms with Gasteiger partial charge in [0.05, 0.1) is 5.56 Å². The zero-order chi connectivity index (χ0) is 14.2. The Morgan fingerprint density at radius 1 is 1.53 bits per heavy atom. The standard InChI is InChI=1S/C14H22N4O/c1-8-4-9(2)17-14(12(8)13(16)19)18-7-11(6-15)5-10(18)3/h4,10-11H,5-7,15H2,1-3H3,(H2,16,19). The number of rotatable bonds is 3. The summed E-state index contributed by atoms with van der Waals surface area (Å²) in [7, 11) is 0. The highest BCUT2D eigenvalue weighted by Gasteiger charge is 2.31. The third-order valence-corrected chi connectivity index (χ3v) is 3.84. The number of hydrogen-bond donors (Lipinski definition) is 2. The van der Waals surface area contributed by atoms with Gasteiger partial charge in [-0.05, 0) is 51.3 Å². The average molecular weight is 262 g/mol. The molecule has 0 radical (unpaired) electrons. The second kappa shape index (κ2) is 5.17. The van der Waals surface area contributed by atoms with Crippen LogP contribution in [0.1, 0.15) is 35.0 Å². The number of nitrogens with zero attached hydrogens (tertiary/aromatic N) is 2. The van der Waals surface area contributed by atoms with E-state index in [-0.39, 0.29) is 0 Å². The Morgan fingerprint density at radius 3 is 2.74 bits per heavy atom. The highest BCUT2D eigenvalue weighted by atomic mass is 16.1. The van der Waals surface area contributed by atoms with Gasteiger partial charge >= 0.3 is 0 Å². The van der Waals surface area contributed by atoms with Crippen molar-refractivity contribution in [2.24, 2.45) is 17.4 Å². The van der Waals surface area contributed by atoms with Gasteiger partial charge in [-0.15, -0.1) is 0 Å². The molecule has 0 aliphatic carbocycles. The SMILES string of the molecule is Cc1cc(C)c(C(N)=O)c(N2CC(CN)CC2C)n1. The molecule has 19 heavy (non-hydrogen) atoms. The minimum atomic E-state index is -0.414. The molecule has 1 amide bonds. The van der Waals surface area contributed by atoms with Crippen molar-refractivity contribution in [2.45, 2.75) is 33.2 Å². The summed E-state index contributed by atoms with van der Waals surface area (Å²) in [5.41, 5.74) is 13.6. The highest BCUT2D eigenvalue weighted by Crippen LogP contribution is 2.31. The van der Waals surface area contributed by atoms with Crippen molar-refractivity contribution in [1.29, 1.82) is 0 Å². The molecule has 1 fully saturated rings. The molecular formula is C14H22N4O. The van der Waals surface area contributed by atoms with Gasteiger partial charge in [-0.2, -0.15) is 0 Å². The van der Waals surface area contributed by atoms with E-state index in [9.17, 15) is 4.79 Å². The maximum absolute atomic E-state index is 11.7. The van der Waals surface area contributed by atoms with E-state index in [1.807, 2.05) is 19.9 Å². The molecule has 104 valence electrons. The third kappa shape index (κ3) is 2.56. The van der Waals surface area contributed by atoms with Gasteiger partial charge in [0.1, 0.15) is 5.82 Å². The van der Waals surface area contributed by atoms with Gasteiger partial charge < -0.3 is 16.4 Å². The van der Waals surface area contributed by atoms with Crippen molar-refractivity contribution >= 4 is 11.7 Å². The van der Waals surface area contributed by atoms with Crippen LogP contribution in [0.15, 0.2) is 6.07 Å². The van der Waals surface area contributed by atoms with Crippen molar-refractivity contribution in [3.8, 4) is 0 Å². The number of primary amides is 1. The Hall–Kier alpha value is -1.62. The van der Waals surface area contributed by atoms with E-state index in [0.717, 1.165) is 24.2 Å². The molecule has 2 rings (SSSR count). The summed E-state index contributed by atoms with van der Waals surface area (Å²) in [5, 5.41) is 0. The fourth-order valence-corrected chi connectivity index (χ4v) is 2.94. The molecule has 4 N–H and O–H groups in total. The summed E-state index contributed by atoms with van der Waals surface area (Å²) < 4.78 is 0. The van der Waals surface area contributed by atoms with Crippen LogP contribution >= 0.6 is 0 Å². The summed E-state index contributed by atoms with van der Waals surface area (Å²) in [6.07, 6.45) is 1.03. The molecular weight excluding hydrogens is 240 g/mol. The summed E-state index contributed by atoms with van der Waals surface area (Å²) >= 11 is 0. The molecule has 2 heterocycles. The zero-order valence-electron chi connectivity index (χ0n) is 11.8. The summed E-state index contributed by atoms with van der Waals surface area (Å²) in [4.78, 5) is 18.4. The smallest absolute Gasteiger partial charge is 0.252 e. The molecule has 1 saturated heterocycles. The van der Waals surface area contributed by atoms with Crippen LogP contribution in [-0.2, 0) is 0 Å². The number of hydrogen-bond acceptors (Lipinski definition) is 4. The van der Waals surface area contributed by atoms with Crippen molar-refractivity contribution in [1.82, 2.24) is 4.98 Å². The minimum absolute atomic E-state index is 0.334. The Morgan fingerprint density at radius 2 is 2.21 bits per heavy atom. The van der Waals surface area contributed by atoms with Gasteiger partial charge in [0.25, 0.3) is 5.91 Å². The largest absolute Gasteiger partial charge is 0.365 e. The molecule has 2 unspecified atom stereocenters. The quantitative estimate of drug-likeness (QED) is 0.850. The third-order valence-electron chi connectivity index (χ3n) is 3.84. The van der Waals surface area contributed by atoms with Gasteiger partial charge in [0, 0.05) is 18.3 Å². The fraction of sp³-hybridized carbons (Fsp3) is 0.571. The number of aryl methyl sites for hydroxylation is 2. The minimum Gasteiger partial charge on any atom is -0.365 e. The lowest BCUT2D eigenvalue weighted by atomic mass is 10.1. The lowest BCUT2D eigenvalue weighted by molar-refractivity contribution is 0.1000. The molecule has 1 aromatic rings. The van der Waals surface area contributed by atoms with Crippen LogP contribution in [-0.4, -0.2) is 30.0 Å². The van der Waals surface area contributed by atoms with E-state index in [1.54, 1.807) is 0 Å². The number of anilines is 1. The van der Waals surface area contributed by atoms with E-state index < -0.39 is 5.91 Å². The first-order chi connectivity index (χ1) is 8.93. The Bertz CT molecular complexity index is 500. The molecule has 5 nitrogen and oxygen atoms in total. The molecule has 0 bridgehead atoms. The van der Waals surface area contributed by atoms with Crippen LogP contribution in [0.4, 0.5) is 5.82 Å². The summed E-state index contributed by atoms with van der Waals surface area (Å²) in [6, 6.07) is 2.23. The predicted molar refractivity (Wildman–Crippen MR) is 76.2 cm³/mol. The van der Waals surface area contributed by atoms with Gasteiger partial charge in [-0.3, -0.25) is 4.79 Å². The van der Waals surface area contributed by atoms with Gasteiger partial charge in [0.15, 0.2) is 0 Å². The first-order valence-electron chi connectivity index (χ1n) is 6.68. The van der Waals surface area contributed by atoms with E-state index in [0.29, 0.717) is 29.9 Å². The second-order valence-corrected chi connectivity index (χ2v) is 5.48. The molecule has 1 aromatic heterocycles. The Labute approximate surface area is 114 Å². The average Bonchev–Trinajstić information content (AvgIpc) is 2.68. The van der Waals surface area contributed by atoms with Crippen LogP contribution in [0.25, 0.3) is 0 Å². The number of aromatic nitrogens is 1. The topological polar surface area (TPSA) is 85.2 Å². The van der Waals surface area contributed by atoms with E-state index in [4.69, 9.17) is 11.5 Å². The summed E-state index contributed by atoms with van der Waals surface area (Å²) in [5.74, 6) is 0.759. The van der Waals surface area contributed by atoms with Crippen LogP contribution in [0.2, 0.25) is 0 Å². The second-order valence-electron chi connectivity index (χ2n) is 5.48. The molecule has 0 aromatic carbocycles. The van der Waals surface area contributed by atoms with Crippen molar-refractivity contribution < 1.29 is 4.79 Å². The molecule has 2 atom stereocenters. The first kappa shape index (κ1) is 13.8. The lowest BCUT2D eigenvalue weighted by Crippen LogP contribution is -2.31. The van der Waals surface area contributed by atoms with Crippen molar-refractivity contribution in [3.63, 3.8) is 0 Å². The maximum Gasteiger partial charge on any atom is 0.252 e. The van der Waals surface area contributed by atoms with Gasteiger partial charge in [-0.1, -0.05) is 0 Å². The van der Waals surface area contributed by atoms with E-state index in [2.05, 4.69) is 16.8 Å². The lowest BCUT2D eigenvalue weighted by Gasteiger charge is -2.25.